The van der Waals surface area contributed by atoms with Crippen LogP contribution in [0.3, 0.4) is 0 Å². The lowest BCUT2D eigenvalue weighted by Gasteiger charge is -2.24. The summed E-state index contributed by atoms with van der Waals surface area (Å²) in [6.45, 7) is 1.11. The summed E-state index contributed by atoms with van der Waals surface area (Å²) >= 11 is 0. The number of carboxylic acids is 1. The summed E-state index contributed by atoms with van der Waals surface area (Å²) < 4.78 is 4.81. The average molecular weight is 264 g/mol. The number of aliphatic hydroxyl groups is 2. The number of nitrogens with one attached hydrogen (secondary N) is 1. The number of carbonyl (C=O) groups is 2. The number of carbonyl (C=O) groups excluding carboxylic acids is 1. The fourth-order valence-corrected chi connectivity index (χ4v) is 1.07. The van der Waals surface area contributed by atoms with Crippen LogP contribution in [0.15, 0.2) is 0 Å². The van der Waals surface area contributed by atoms with Gasteiger partial charge in [0.15, 0.2) is 5.60 Å². The van der Waals surface area contributed by atoms with Gasteiger partial charge in [0.05, 0.1) is 19.8 Å². The Kier molecular flexibility index (Phi) is 7.25. The first kappa shape index (κ1) is 16.6. The van der Waals surface area contributed by atoms with E-state index in [0.29, 0.717) is 6.61 Å². The topological polar surface area (TPSA) is 119 Å². The second-order valence-corrected chi connectivity index (χ2v) is 3.94. The van der Waals surface area contributed by atoms with E-state index < -0.39 is 24.1 Å². The van der Waals surface area contributed by atoms with E-state index in [-0.39, 0.29) is 19.7 Å². The van der Waals surface area contributed by atoms with Gasteiger partial charge in [0.2, 0.25) is 0 Å². The van der Waals surface area contributed by atoms with Crippen molar-refractivity contribution in [2.45, 2.75) is 12.5 Å². The average Bonchev–Trinajstić information content (AvgIpc) is 2.31. The minimum Gasteiger partial charge on any atom is -0.479 e. The van der Waals surface area contributed by atoms with Crippen molar-refractivity contribution in [2.75, 3.05) is 40.0 Å². The van der Waals surface area contributed by atoms with E-state index in [1.165, 1.54) is 12.0 Å². The maximum Gasteiger partial charge on any atom is 0.337 e. The molecule has 0 aliphatic rings. The van der Waals surface area contributed by atoms with Crippen LogP contribution in [0.5, 0.6) is 0 Å². The van der Waals surface area contributed by atoms with Crippen LogP contribution >= 0.6 is 0 Å². The number of rotatable bonds is 8. The van der Waals surface area contributed by atoms with E-state index in [1.54, 1.807) is 0 Å². The first-order valence-electron chi connectivity index (χ1n) is 5.43. The molecule has 0 aliphatic carbocycles. The van der Waals surface area contributed by atoms with E-state index >= 15 is 0 Å². The van der Waals surface area contributed by atoms with Gasteiger partial charge in [-0.3, -0.25) is 0 Å². The van der Waals surface area contributed by atoms with E-state index in [2.05, 4.69) is 5.32 Å². The van der Waals surface area contributed by atoms with Crippen LogP contribution in [0, 0.1) is 0 Å². The molecular weight excluding hydrogens is 244 g/mol. The zero-order chi connectivity index (χ0) is 14.2. The van der Waals surface area contributed by atoms with E-state index in [0.717, 1.165) is 6.92 Å². The highest BCUT2D eigenvalue weighted by molar-refractivity contribution is 5.79. The number of aliphatic carboxylic acids is 1. The smallest absolute Gasteiger partial charge is 0.337 e. The van der Waals surface area contributed by atoms with Crippen molar-refractivity contribution in [3.63, 3.8) is 0 Å². The molecule has 0 aromatic heterocycles. The van der Waals surface area contributed by atoms with E-state index in [9.17, 15) is 14.7 Å². The molecule has 0 radical (unpaired) electrons. The maximum absolute atomic E-state index is 11.7. The number of amides is 2. The molecule has 0 spiro atoms. The van der Waals surface area contributed by atoms with Gasteiger partial charge in [-0.25, -0.2) is 9.59 Å². The molecule has 8 heteroatoms. The number of aliphatic hydroxyl groups excluding tert-OH is 1. The first-order valence-corrected chi connectivity index (χ1v) is 5.43. The predicted octanol–water partition coefficient (Wildman–Crippen LogP) is -1.53. The number of carboxylic acid groups (broad SMARTS) is 1. The van der Waals surface area contributed by atoms with Gasteiger partial charge in [-0.15, -0.1) is 0 Å². The molecule has 0 rings (SSSR count). The van der Waals surface area contributed by atoms with Gasteiger partial charge in [-0.05, 0) is 6.92 Å². The Morgan fingerprint density at radius 3 is 2.44 bits per heavy atom. The molecule has 0 saturated heterocycles. The van der Waals surface area contributed by atoms with Gasteiger partial charge in [-0.1, -0.05) is 0 Å². The van der Waals surface area contributed by atoms with Crippen molar-refractivity contribution in [1.29, 1.82) is 0 Å². The zero-order valence-corrected chi connectivity index (χ0v) is 10.5. The van der Waals surface area contributed by atoms with Gasteiger partial charge >= 0.3 is 12.0 Å². The fourth-order valence-electron chi connectivity index (χ4n) is 1.07. The van der Waals surface area contributed by atoms with E-state index in [1.807, 2.05) is 0 Å². The minimum atomic E-state index is -2.03. The Balaban J connectivity index is 4.29. The minimum absolute atomic E-state index is 0.102. The lowest BCUT2D eigenvalue weighted by Crippen LogP contribution is -2.51. The third-order valence-electron chi connectivity index (χ3n) is 2.27. The Morgan fingerprint density at radius 1 is 1.39 bits per heavy atom. The molecule has 0 aromatic rings. The molecule has 0 aromatic carbocycles. The van der Waals surface area contributed by atoms with Crippen molar-refractivity contribution in [3.8, 4) is 0 Å². The van der Waals surface area contributed by atoms with Crippen molar-refractivity contribution in [3.05, 3.63) is 0 Å². The van der Waals surface area contributed by atoms with Crippen molar-refractivity contribution in [1.82, 2.24) is 10.2 Å². The molecule has 4 N–H and O–H groups in total. The predicted molar refractivity (Wildman–Crippen MR) is 62.2 cm³/mol. The Bertz CT molecular complexity index is 282. The van der Waals surface area contributed by atoms with Crippen molar-refractivity contribution in [2.24, 2.45) is 0 Å². The zero-order valence-electron chi connectivity index (χ0n) is 10.5. The second-order valence-electron chi connectivity index (χ2n) is 3.94. The van der Waals surface area contributed by atoms with Crippen LogP contribution in [0.4, 0.5) is 4.79 Å². The van der Waals surface area contributed by atoms with Gasteiger partial charge in [0.1, 0.15) is 0 Å². The van der Waals surface area contributed by atoms with Gasteiger partial charge < -0.3 is 30.3 Å². The van der Waals surface area contributed by atoms with Crippen LogP contribution in [-0.2, 0) is 9.53 Å². The Morgan fingerprint density at radius 2 is 2.00 bits per heavy atom. The van der Waals surface area contributed by atoms with Gasteiger partial charge in [0.25, 0.3) is 0 Å². The van der Waals surface area contributed by atoms with Crippen molar-refractivity contribution < 1.29 is 29.6 Å². The van der Waals surface area contributed by atoms with Gasteiger partial charge in [-0.2, -0.15) is 0 Å². The molecule has 0 aliphatic heterocycles. The van der Waals surface area contributed by atoms with Crippen molar-refractivity contribution >= 4 is 12.0 Å². The summed E-state index contributed by atoms with van der Waals surface area (Å²) in [6, 6.07) is -0.567. The summed E-state index contributed by atoms with van der Waals surface area (Å²) in [5.41, 5.74) is -2.03. The lowest BCUT2D eigenvalue weighted by molar-refractivity contribution is -0.155. The van der Waals surface area contributed by atoms with Gasteiger partial charge in [0, 0.05) is 20.2 Å². The molecule has 0 fully saturated rings. The number of methoxy groups -OCH3 is 1. The molecule has 1 unspecified atom stereocenters. The SMILES string of the molecule is COCCN(CCO)C(=O)NCC(C)(O)C(=O)O. The lowest BCUT2D eigenvalue weighted by atomic mass is 10.1. The van der Waals surface area contributed by atoms with Crippen LogP contribution in [0.2, 0.25) is 0 Å². The molecule has 18 heavy (non-hydrogen) atoms. The molecular formula is C10H20N2O6. The summed E-state index contributed by atoms with van der Waals surface area (Å²) in [6.07, 6.45) is 0. The molecule has 106 valence electrons. The molecule has 1 atom stereocenters. The normalized spacial score (nSPS) is 13.8. The quantitative estimate of drug-likeness (QED) is 0.422. The Labute approximate surface area is 105 Å². The third-order valence-corrected chi connectivity index (χ3v) is 2.27. The number of hydrogen-bond acceptors (Lipinski definition) is 5. The van der Waals surface area contributed by atoms with Crippen LogP contribution in [-0.4, -0.2) is 77.8 Å². The maximum atomic E-state index is 11.7. The fraction of sp³-hybridized carbons (Fsp3) is 0.800. The number of ether oxygens (including phenoxy) is 1. The molecule has 0 bridgehead atoms. The highest BCUT2D eigenvalue weighted by Gasteiger charge is 2.30. The molecule has 0 saturated carbocycles. The number of nitrogens with zero attached hydrogens (tertiary/aromatic N) is 1. The molecule has 8 nitrogen and oxygen atoms in total. The Hall–Kier alpha value is -1.38. The summed E-state index contributed by atoms with van der Waals surface area (Å²) in [4.78, 5) is 23.5. The number of hydrogen-bond donors (Lipinski definition) is 4. The highest BCUT2D eigenvalue weighted by Crippen LogP contribution is 2.01. The highest BCUT2D eigenvalue weighted by atomic mass is 16.5. The monoisotopic (exact) mass is 264 g/mol. The van der Waals surface area contributed by atoms with Crippen LogP contribution in [0.25, 0.3) is 0 Å². The summed E-state index contributed by atoms with van der Waals surface area (Å²) in [5.74, 6) is -1.42. The molecule has 0 heterocycles. The van der Waals surface area contributed by atoms with E-state index in [4.69, 9.17) is 14.9 Å². The third kappa shape index (κ3) is 5.80. The summed E-state index contributed by atoms with van der Waals surface area (Å²) in [5, 5.41) is 29.2. The first-order chi connectivity index (χ1) is 8.35. The second kappa shape index (κ2) is 7.85. The molecule has 2 amide bonds. The number of urea groups is 1. The largest absolute Gasteiger partial charge is 0.479 e. The van der Waals surface area contributed by atoms with Crippen LogP contribution < -0.4 is 5.32 Å². The van der Waals surface area contributed by atoms with Crippen LogP contribution in [0.1, 0.15) is 6.92 Å². The summed E-state index contributed by atoms with van der Waals surface area (Å²) in [7, 11) is 1.48. The standard InChI is InChI=1S/C10H20N2O6/c1-10(17,8(14)15)7-11-9(16)12(3-5-13)4-6-18-2/h13,17H,3-7H2,1-2H3,(H,11,16)(H,14,15).